The van der Waals surface area contributed by atoms with Gasteiger partial charge in [0.05, 0.1) is 18.6 Å². The van der Waals surface area contributed by atoms with E-state index in [9.17, 15) is 12.8 Å². The van der Waals surface area contributed by atoms with Crippen molar-refractivity contribution in [2.24, 2.45) is 13.0 Å². The number of nitrogens with zero attached hydrogens (tertiary/aromatic N) is 3. The maximum absolute atomic E-state index is 13.3. The largest absolute Gasteiger partial charge is 0.315 e. The molecule has 26 heavy (non-hydrogen) atoms. The van der Waals surface area contributed by atoms with Gasteiger partial charge in [-0.15, -0.1) is 0 Å². The number of aromatic nitrogens is 3. The van der Waals surface area contributed by atoms with Gasteiger partial charge >= 0.3 is 0 Å². The van der Waals surface area contributed by atoms with Crippen molar-refractivity contribution in [1.29, 1.82) is 0 Å². The Bertz CT molecular complexity index is 952. The summed E-state index contributed by atoms with van der Waals surface area (Å²) in [6.07, 6.45) is 1.31. The Balaban J connectivity index is 1.68. The molecule has 0 saturated carbocycles. The number of benzene rings is 1. The number of sulfone groups is 1. The average Bonchev–Trinajstić information content (AvgIpc) is 3.02. The second-order valence-corrected chi connectivity index (χ2v) is 9.75. The zero-order chi connectivity index (χ0) is 18.9. The lowest BCUT2D eigenvalue weighted by Gasteiger charge is -2.13. The quantitative estimate of drug-likeness (QED) is 0.728. The van der Waals surface area contributed by atoms with E-state index >= 15 is 0 Å². The van der Waals surface area contributed by atoms with Crippen molar-refractivity contribution in [2.75, 3.05) is 18.6 Å². The standard InChI is InChI=1S/C17H23FN4O2S2/c1-20(10-13-4-3-5-15(18)8-13)12-22-17(25)21(2)16(19-22)9-14-6-7-26(23,24)11-14/h3-5,8,14H,6-7,9-12H2,1-2H3/p+1/t14-/m0/s1. The average molecular weight is 400 g/mol. The van der Waals surface area contributed by atoms with E-state index in [1.54, 1.807) is 10.7 Å². The predicted octanol–water partition coefficient (Wildman–Crippen LogP) is 0.740. The number of hydrogen-bond acceptors (Lipinski definition) is 4. The summed E-state index contributed by atoms with van der Waals surface area (Å²) >= 11 is 5.48. The molecule has 1 N–H and O–H groups in total. The lowest BCUT2D eigenvalue weighted by molar-refractivity contribution is -0.917. The highest BCUT2D eigenvalue weighted by Crippen LogP contribution is 2.21. The van der Waals surface area contributed by atoms with Crippen LogP contribution in [0.3, 0.4) is 0 Å². The van der Waals surface area contributed by atoms with Crippen LogP contribution < -0.4 is 4.90 Å². The van der Waals surface area contributed by atoms with Gasteiger partial charge in [-0.3, -0.25) is 0 Å². The molecule has 3 rings (SSSR count). The fourth-order valence-electron chi connectivity index (χ4n) is 3.41. The van der Waals surface area contributed by atoms with E-state index < -0.39 is 9.84 Å². The second-order valence-electron chi connectivity index (χ2n) is 7.15. The molecule has 2 atom stereocenters. The van der Waals surface area contributed by atoms with Crippen LogP contribution in [0.25, 0.3) is 0 Å². The van der Waals surface area contributed by atoms with Crippen molar-refractivity contribution in [1.82, 2.24) is 14.3 Å². The fraction of sp³-hybridized carbons (Fsp3) is 0.529. The Kier molecular flexibility index (Phi) is 5.59. The molecule has 1 aliphatic heterocycles. The third-order valence-corrected chi connectivity index (χ3v) is 7.07. The smallest absolute Gasteiger partial charge is 0.202 e. The van der Waals surface area contributed by atoms with Crippen molar-refractivity contribution in [2.45, 2.75) is 26.1 Å². The number of hydrogen-bond donors (Lipinski definition) is 1. The lowest BCUT2D eigenvalue weighted by Crippen LogP contribution is -3.07. The van der Waals surface area contributed by atoms with Gasteiger partial charge in [0.25, 0.3) is 0 Å². The van der Waals surface area contributed by atoms with Gasteiger partial charge in [-0.25, -0.2) is 12.8 Å². The Morgan fingerprint density at radius 2 is 2.19 bits per heavy atom. The summed E-state index contributed by atoms with van der Waals surface area (Å²) in [7, 11) is 0.979. The predicted molar refractivity (Wildman–Crippen MR) is 99.5 cm³/mol. The van der Waals surface area contributed by atoms with E-state index in [0.29, 0.717) is 30.8 Å². The van der Waals surface area contributed by atoms with Crippen molar-refractivity contribution >= 4 is 22.1 Å². The highest BCUT2D eigenvalue weighted by Gasteiger charge is 2.29. The molecular weight excluding hydrogens is 375 g/mol. The van der Waals surface area contributed by atoms with Crippen molar-refractivity contribution in [3.05, 3.63) is 46.2 Å². The van der Waals surface area contributed by atoms with Gasteiger partial charge in [0, 0.05) is 19.0 Å². The van der Waals surface area contributed by atoms with Gasteiger partial charge in [-0.05, 0) is 36.7 Å². The molecule has 9 heteroatoms. The number of halogens is 1. The maximum atomic E-state index is 13.3. The van der Waals surface area contributed by atoms with Crippen LogP contribution in [0.4, 0.5) is 4.39 Å². The van der Waals surface area contributed by atoms with E-state index in [-0.39, 0.29) is 23.2 Å². The normalized spacial score (nSPS) is 20.3. The SMILES string of the molecule is Cn1c(C[C@@H]2CCS(=O)(=O)C2)nn(C[NH+](C)Cc2cccc(F)c2)c1=S. The van der Waals surface area contributed by atoms with Gasteiger partial charge in [0.15, 0.2) is 16.5 Å². The number of quaternary nitrogens is 1. The summed E-state index contributed by atoms with van der Waals surface area (Å²) in [4.78, 5) is 1.12. The molecule has 2 aromatic rings. The molecule has 1 saturated heterocycles. The summed E-state index contributed by atoms with van der Waals surface area (Å²) in [5, 5.41) is 4.61. The third kappa shape index (κ3) is 4.57. The summed E-state index contributed by atoms with van der Waals surface area (Å²) < 4.78 is 40.9. The van der Waals surface area contributed by atoms with E-state index in [1.165, 1.54) is 12.1 Å². The molecule has 0 amide bonds. The topological polar surface area (TPSA) is 61.3 Å². The minimum absolute atomic E-state index is 0.112. The van der Waals surface area contributed by atoms with E-state index in [0.717, 1.165) is 16.3 Å². The molecule has 0 spiro atoms. The van der Waals surface area contributed by atoms with Crippen LogP contribution in [-0.2, 0) is 36.5 Å². The van der Waals surface area contributed by atoms with Gasteiger partial charge in [0.1, 0.15) is 18.2 Å². The van der Waals surface area contributed by atoms with Crippen LogP contribution in [0.15, 0.2) is 24.3 Å². The summed E-state index contributed by atoms with van der Waals surface area (Å²) in [5.74, 6) is 1.19. The van der Waals surface area contributed by atoms with Crippen molar-refractivity contribution in [3.63, 3.8) is 0 Å². The van der Waals surface area contributed by atoms with Crippen LogP contribution in [0.2, 0.25) is 0 Å². The Morgan fingerprint density at radius 1 is 1.42 bits per heavy atom. The van der Waals surface area contributed by atoms with E-state index in [2.05, 4.69) is 5.10 Å². The Morgan fingerprint density at radius 3 is 2.85 bits per heavy atom. The molecule has 1 aromatic carbocycles. The summed E-state index contributed by atoms with van der Waals surface area (Å²) in [6, 6.07) is 6.57. The van der Waals surface area contributed by atoms with Crippen molar-refractivity contribution in [3.8, 4) is 0 Å². The first-order valence-corrected chi connectivity index (χ1v) is 10.9. The number of rotatable bonds is 6. The van der Waals surface area contributed by atoms with Crippen LogP contribution in [0.5, 0.6) is 0 Å². The van der Waals surface area contributed by atoms with E-state index in [1.807, 2.05) is 24.7 Å². The highest BCUT2D eigenvalue weighted by atomic mass is 32.2. The monoisotopic (exact) mass is 399 g/mol. The zero-order valence-electron chi connectivity index (χ0n) is 15.0. The molecule has 1 aliphatic rings. The highest BCUT2D eigenvalue weighted by molar-refractivity contribution is 7.91. The molecule has 0 aliphatic carbocycles. The van der Waals surface area contributed by atoms with Crippen LogP contribution in [-0.4, -0.2) is 41.3 Å². The molecule has 2 heterocycles. The minimum Gasteiger partial charge on any atom is -0.315 e. The van der Waals surface area contributed by atoms with Crippen LogP contribution in [0, 0.1) is 16.5 Å². The number of nitrogens with one attached hydrogen (secondary N) is 1. The molecule has 0 radical (unpaired) electrons. The van der Waals surface area contributed by atoms with Crippen LogP contribution in [0.1, 0.15) is 17.8 Å². The molecule has 6 nitrogen and oxygen atoms in total. The van der Waals surface area contributed by atoms with Crippen molar-refractivity contribution < 1.29 is 17.7 Å². The molecule has 1 fully saturated rings. The summed E-state index contributed by atoms with van der Waals surface area (Å²) in [6.45, 7) is 1.22. The molecule has 0 bridgehead atoms. The maximum Gasteiger partial charge on any atom is 0.202 e. The molecule has 1 aromatic heterocycles. The third-order valence-electron chi connectivity index (χ3n) is 4.74. The molecule has 1 unspecified atom stereocenters. The molecule has 142 valence electrons. The van der Waals surface area contributed by atoms with Gasteiger partial charge < -0.3 is 9.47 Å². The Labute approximate surface area is 158 Å². The van der Waals surface area contributed by atoms with Gasteiger partial charge in [-0.2, -0.15) is 9.78 Å². The lowest BCUT2D eigenvalue weighted by atomic mass is 10.1. The minimum atomic E-state index is -2.89. The Hall–Kier alpha value is -1.58. The zero-order valence-corrected chi connectivity index (χ0v) is 16.6. The van der Waals surface area contributed by atoms with Crippen LogP contribution >= 0.6 is 12.2 Å². The fourth-order valence-corrected chi connectivity index (χ4v) is 5.48. The first kappa shape index (κ1) is 19.2. The first-order chi connectivity index (χ1) is 12.2. The van der Waals surface area contributed by atoms with E-state index in [4.69, 9.17) is 12.2 Å². The summed E-state index contributed by atoms with van der Waals surface area (Å²) in [5.41, 5.74) is 0.918. The first-order valence-electron chi connectivity index (χ1n) is 8.62. The van der Waals surface area contributed by atoms with Gasteiger partial charge in [0.2, 0.25) is 4.77 Å². The molecular formula is C17H24FN4O2S2+. The van der Waals surface area contributed by atoms with Gasteiger partial charge in [-0.1, -0.05) is 12.1 Å². The second kappa shape index (κ2) is 7.58.